The molecule has 0 spiro atoms. The van der Waals surface area contributed by atoms with Crippen LogP contribution < -0.4 is 10.6 Å². The Morgan fingerprint density at radius 2 is 1.76 bits per heavy atom. The van der Waals surface area contributed by atoms with Gasteiger partial charge in [0.25, 0.3) is 0 Å². The van der Waals surface area contributed by atoms with Gasteiger partial charge in [-0.1, -0.05) is 29.3 Å². The molecule has 9 heteroatoms. The van der Waals surface area contributed by atoms with E-state index in [0.29, 0.717) is 29.6 Å². The number of hydrogen-bond acceptors (Lipinski definition) is 4. The monoisotopic (exact) mass is 505 g/mol. The van der Waals surface area contributed by atoms with Crippen LogP contribution in [0.5, 0.6) is 0 Å². The molecule has 1 fully saturated rings. The molecule has 1 aliphatic heterocycles. The largest absolute Gasteiger partial charge is 0.340 e. The van der Waals surface area contributed by atoms with Gasteiger partial charge in [0.05, 0.1) is 16.5 Å². The van der Waals surface area contributed by atoms with E-state index >= 15 is 0 Å². The molecule has 1 aliphatic rings. The van der Waals surface area contributed by atoms with Crippen molar-refractivity contribution in [2.24, 2.45) is 0 Å². The minimum atomic E-state index is -0.218. The van der Waals surface area contributed by atoms with Gasteiger partial charge in [0.2, 0.25) is 5.91 Å². The summed E-state index contributed by atoms with van der Waals surface area (Å²) in [4.78, 5) is 33.8. The fourth-order valence-electron chi connectivity index (χ4n) is 4.43. The molecule has 2 N–H and O–H groups in total. The Labute approximate surface area is 211 Å². The number of halogens is 2. The van der Waals surface area contributed by atoms with Gasteiger partial charge in [-0.05, 0) is 63.4 Å². The van der Waals surface area contributed by atoms with Gasteiger partial charge in [0.1, 0.15) is 0 Å². The van der Waals surface area contributed by atoms with E-state index in [2.05, 4.69) is 20.5 Å². The second-order valence-electron chi connectivity index (χ2n) is 8.70. The molecule has 0 bridgehead atoms. The highest BCUT2D eigenvalue weighted by atomic mass is 35.5. The fraction of sp³-hybridized carbons (Fsp3) is 0.480. The molecule has 2 aromatic rings. The standard InChI is InChI=1S/C25H33Cl2N5O2/c1-4-32(24(33)16-19-5-6-22(26)23(27)15-19)21-7-10-31(11-8-21)12-9-28-25(34)30-20-13-17(2)29-18(3)14-20/h5-6,13-15,21H,4,7-12,16H2,1-3H3,(H2,28,29,30,34). The topological polar surface area (TPSA) is 77.6 Å². The molecule has 0 unspecified atom stereocenters. The van der Waals surface area contributed by atoms with Crippen molar-refractivity contribution in [3.05, 3.63) is 57.3 Å². The Morgan fingerprint density at radius 1 is 1.09 bits per heavy atom. The van der Waals surface area contributed by atoms with E-state index < -0.39 is 0 Å². The third-order valence-corrected chi connectivity index (χ3v) is 6.79. The quantitative estimate of drug-likeness (QED) is 0.545. The highest BCUT2D eigenvalue weighted by molar-refractivity contribution is 6.42. The molecule has 1 saturated heterocycles. The van der Waals surface area contributed by atoms with Gasteiger partial charge in [-0.25, -0.2) is 4.79 Å². The van der Waals surface area contributed by atoms with Gasteiger partial charge in [0.15, 0.2) is 0 Å². The van der Waals surface area contributed by atoms with Crippen LogP contribution in [0.2, 0.25) is 10.0 Å². The first-order valence-corrected chi connectivity index (χ1v) is 12.5. The van der Waals surface area contributed by atoms with Gasteiger partial charge in [-0.3, -0.25) is 9.78 Å². The van der Waals surface area contributed by atoms with Crippen LogP contribution in [-0.2, 0) is 11.2 Å². The van der Waals surface area contributed by atoms with Crippen molar-refractivity contribution in [3.8, 4) is 0 Å². The van der Waals surface area contributed by atoms with Crippen molar-refractivity contribution >= 4 is 40.8 Å². The minimum Gasteiger partial charge on any atom is -0.340 e. The fourth-order valence-corrected chi connectivity index (χ4v) is 4.75. The number of likely N-dealkylation sites (N-methyl/N-ethyl adjacent to an activating group) is 1. The minimum absolute atomic E-state index is 0.110. The van der Waals surface area contributed by atoms with E-state index in [9.17, 15) is 9.59 Å². The Bertz CT molecular complexity index is 989. The molecule has 34 heavy (non-hydrogen) atoms. The number of likely N-dealkylation sites (tertiary alicyclic amines) is 1. The maximum Gasteiger partial charge on any atom is 0.319 e. The zero-order valence-corrected chi connectivity index (χ0v) is 21.5. The molecule has 7 nitrogen and oxygen atoms in total. The highest BCUT2D eigenvalue weighted by Gasteiger charge is 2.27. The van der Waals surface area contributed by atoms with Crippen molar-refractivity contribution in [2.75, 3.05) is 38.0 Å². The van der Waals surface area contributed by atoms with E-state index in [1.54, 1.807) is 12.1 Å². The number of anilines is 1. The normalized spacial score (nSPS) is 14.6. The van der Waals surface area contributed by atoms with Crippen LogP contribution >= 0.6 is 23.2 Å². The number of hydrogen-bond donors (Lipinski definition) is 2. The van der Waals surface area contributed by atoms with E-state index in [1.165, 1.54) is 0 Å². The van der Waals surface area contributed by atoms with Crippen molar-refractivity contribution < 1.29 is 9.59 Å². The lowest BCUT2D eigenvalue weighted by Crippen LogP contribution is -2.49. The average molecular weight is 506 g/mol. The number of aryl methyl sites for hydroxylation is 2. The molecule has 3 rings (SSSR count). The lowest BCUT2D eigenvalue weighted by Gasteiger charge is -2.38. The summed E-state index contributed by atoms with van der Waals surface area (Å²) in [5.41, 5.74) is 3.36. The number of urea groups is 1. The number of carbonyl (C=O) groups excluding carboxylic acids is 2. The zero-order valence-electron chi connectivity index (χ0n) is 20.0. The van der Waals surface area contributed by atoms with Crippen LogP contribution in [0.1, 0.15) is 36.7 Å². The third kappa shape index (κ3) is 7.58. The number of pyridine rings is 1. The van der Waals surface area contributed by atoms with Crippen LogP contribution in [0, 0.1) is 13.8 Å². The molecular weight excluding hydrogens is 473 g/mol. The lowest BCUT2D eigenvalue weighted by molar-refractivity contribution is -0.133. The van der Waals surface area contributed by atoms with Gasteiger partial charge in [-0.2, -0.15) is 0 Å². The summed E-state index contributed by atoms with van der Waals surface area (Å²) < 4.78 is 0. The van der Waals surface area contributed by atoms with Crippen molar-refractivity contribution in [1.29, 1.82) is 0 Å². The number of aromatic nitrogens is 1. The second kappa shape index (κ2) is 12.4. The van der Waals surface area contributed by atoms with Gasteiger partial charge in [0, 0.05) is 55.8 Å². The Morgan fingerprint density at radius 3 is 2.38 bits per heavy atom. The second-order valence-corrected chi connectivity index (χ2v) is 9.51. The van der Waals surface area contributed by atoms with Crippen LogP contribution in [-0.4, -0.2) is 65.5 Å². The summed E-state index contributed by atoms with van der Waals surface area (Å²) in [5.74, 6) is 0.110. The van der Waals surface area contributed by atoms with E-state index in [4.69, 9.17) is 23.2 Å². The Hall–Kier alpha value is -2.35. The number of benzene rings is 1. The Kier molecular flexibility index (Phi) is 9.56. The van der Waals surface area contributed by atoms with Crippen molar-refractivity contribution in [2.45, 2.75) is 46.1 Å². The molecule has 0 radical (unpaired) electrons. The third-order valence-electron chi connectivity index (χ3n) is 6.05. The SMILES string of the molecule is CCN(C(=O)Cc1ccc(Cl)c(Cl)c1)C1CCN(CCNC(=O)Nc2cc(C)nc(C)c2)CC1. The predicted octanol–water partition coefficient (Wildman–Crippen LogP) is 4.68. The molecule has 0 atom stereocenters. The number of nitrogens with one attached hydrogen (secondary N) is 2. The molecule has 184 valence electrons. The predicted molar refractivity (Wildman–Crippen MR) is 138 cm³/mol. The van der Waals surface area contributed by atoms with Crippen molar-refractivity contribution in [1.82, 2.24) is 20.1 Å². The first-order chi connectivity index (χ1) is 16.2. The summed E-state index contributed by atoms with van der Waals surface area (Å²) in [6.45, 7) is 9.64. The molecular formula is C25H33Cl2N5O2. The van der Waals surface area contributed by atoms with Crippen LogP contribution in [0.15, 0.2) is 30.3 Å². The van der Waals surface area contributed by atoms with E-state index in [-0.39, 0.29) is 18.0 Å². The number of nitrogens with zero attached hydrogens (tertiary/aromatic N) is 3. The van der Waals surface area contributed by atoms with Crippen LogP contribution in [0.25, 0.3) is 0 Å². The number of amides is 3. The summed E-state index contributed by atoms with van der Waals surface area (Å²) in [6, 6.07) is 9.05. The smallest absolute Gasteiger partial charge is 0.319 e. The lowest BCUT2D eigenvalue weighted by atomic mass is 10.0. The number of piperidine rings is 1. The summed E-state index contributed by atoms with van der Waals surface area (Å²) in [5, 5.41) is 6.74. The van der Waals surface area contributed by atoms with Crippen LogP contribution in [0.4, 0.5) is 10.5 Å². The maximum absolute atomic E-state index is 12.9. The zero-order chi connectivity index (χ0) is 24.7. The summed E-state index contributed by atoms with van der Waals surface area (Å²) >= 11 is 12.1. The van der Waals surface area contributed by atoms with Gasteiger partial charge < -0.3 is 20.4 Å². The van der Waals surface area contributed by atoms with E-state index in [1.807, 2.05) is 43.9 Å². The number of carbonyl (C=O) groups is 2. The molecule has 0 aliphatic carbocycles. The van der Waals surface area contributed by atoms with E-state index in [0.717, 1.165) is 55.1 Å². The number of rotatable bonds is 8. The van der Waals surface area contributed by atoms with Crippen molar-refractivity contribution in [3.63, 3.8) is 0 Å². The van der Waals surface area contributed by atoms with Gasteiger partial charge in [-0.15, -0.1) is 0 Å². The molecule has 0 saturated carbocycles. The molecule has 2 heterocycles. The first-order valence-electron chi connectivity index (χ1n) is 11.7. The molecule has 1 aromatic carbocycles. The average Bonchev–Trinajstić information content (AvgIpc) is 2.77. The van der Waals surface area contributed by atoms with Gasteiger partial charge >= 0.3 is 6.03 Å². The molecule has 1 aromatic heterocycles. The summed E-state index contributed by atoms with van der Waals surface area (Å²) in [6.07, 6.45) is 2.16. The first kappa shape index (κ1) is 26.3. The highest BCUT2D eigenvalue weighted by Crippen LogP contribution is 2.24. The summed E-state index contributed by atoms with van der Waals surface area (Å²) in [7, 11) is 0. The maximum atomic E-state index is 12.9. The Balaban J connectivity index is 1.40. The molecule has 3 amide bonds. The van der Waals surface area contributed by atoms with Crippen LogP contribution in [0.3, 0.4) is 0 Å².